The van der Waals surface area contributed by atoms with Crippen LogP contribution in [-0.2, 0) is 33.3 Å². The molecule has 2 aliphatic rings. The Labute approximate surface area is 209 Å². The van der Waals surface area contributed by atoms with Gasteiger partial charge in [0.05, 0.1) is 36.2 Å². The van der Waals surface area contributed by atoms with E-state index in [2.05, 4.69) is 15.6 Å². The lowest BCUT2D eigenvalue weighted by Gasteiger charge is -2.37. The third-order valence-corrected chi connectivity index (χ3v) is 8.78. The number of amides is 1. The van der Waals surface area contributed by atoms with Crippen molar-refractivity contribution in [3.05, 3.63) is 59.0 Å². The van der Waals surface area contributed by atoms with E-state index in [1.807, 2.05) is 30.3 Å². The van der Waals surface area contributed by atoms with Crippen LogP contribution >= 0.6 is 11.6 Å². The summed E-state index contributed by atoms with van der Waals surface area (Å²) >= 11 is 6.24. The zero-order valence-corrected chi connectivity index (χ0v) is 21.0. The minimum atomic E-state index is -3.31. The van der Waals surface area contributed by atoms with Crippen molar-refractivity contribution in [3.8, 4) is 6.07 Å². The van der Waals surface area contributed by atoms with Crippen molar-refractivity contribution >= 4 is 44.1 Å². The van der Waals surface area contributed by atoms with Gasteiger partial charge in [-0.25, -0.2) is 12.7 Å². The molecule has 0 bridgehead atoms. The van der Waals surface area contributed by atoms with Crippen molar-refractivity contribution in [2.45, 2.75) is 44.2 Å². The van der Waals surface area contributed by atoms with Crippen LogP contribution in [0.3, 0.4) is 0 Å². The number of benzene rings is 1. The molecule has 8 nitrogen and oxygen atoms in total. The molecule has 35 heavy (non-hydrogen) atoms. The first kappa shape index (κ1) is 23.8. The average molecular weight is 512 g/mol. The van der Waals surface area contributed by atoms with Crippen LogP contribution in [0.25, 0.3) is 10.9 Å². The summed E-state index contributed by atoms with van der Waals surface area (Å²) in [6.45, 7) is 1.64. The van der Waals surface area contributed by atoms with Gasteiger partial charge in [-0.1, -0.05) is 11.6 Å². The highest BCUT2D eigenvalue weighted by molar-refractivity contribution is 7.88. The van der Waals surface area contributed by atoms with Gasteiger partial charge in [0.15, 0.2) is 0 Å². The molecule has 0 N–H and O–H groups in total. The van der Waals surface area contributed by atoms with Crippen molar-refractivity contribution in [3.63, 3.8) is 0 Å². The minimum Gasteiger partial charge on any atom is -0.343 e. The van der Waals surface area contributed by atoms with Crippen LogP contribution in [0.4, 0.5) is 5.69 Å². The van der Waals surface area contributed by atoms with E-state index in [1.165, 1.54) is 10.6 Å². The fourth-order valence-corrected chi connectivity index (χ4v) is 6.53. The van der Waals surface area contributed by atoms with Crippen LogP contribution in [0, 0.1) is 11.3 Å². The molecule has 0 radical (unpaired) electrons. The van der Waals surface area contributed by atoms with E-state index in [-0.39, 0.29) is 5.91 Å². The van der Waals surface area contributed by atoms with Gasteiger partial charge in [0.2, 0.25) is 15.9 Å². The molecular weight excluding hydrogens is 486 g/mol. The molecule has 2 aliphatic heterocycles. The van der Waals surface area contributed by atoms with E-state index in [0.717, 1.165) is 27.8 Å². The zero-order chi connectivity index (χ0) is 24.8. The lowest BCUT2D eigenvalue weighted by atomic mass is 9.74. The molecule has 5 rings (SSSR count). The van der Waals surface area contributed by atoms with Gasteiger partial charge in [0.1, 0.15) is 0 Å². The fraction of sp³-hybridized carbons (Fsp3) is 0.400. The van der Waals surface area contributed by atoms with E-state index in [1.54, 1.807) is 17.3 Å². The van der Waals surface area contributed by atoms with E-state index in [4.69, 9.17) is 16.9 Å². The second-order valence-corrected chi connectivity index (χ2v) is 11.7. The number of aromatic nitrogens is 2. The van der Waals surface area contributed by atoms with Gasteiger partial charge in [0.25, 0.3) is 0 Å². The standard InChI is InChI=1S/C25H26ClN5O3S/c1-35(33,34)29-12-7-25(8-13-29)21-6-10-28-16-23(21)31(24(25)32)17-20-15-18-14-19(26)4-5-22(18)30(20)11-3-2-9-27/h4-6,10,14-16H,2-3,7-8,11-13,17H2,1H3. The van der Waals surface area contributed by atoms with Crippen LogP contribution in [0.1, 0.15) is 36.9 Å². The number of nitrogens with zero attached hydrogens (tertiary/aromatic N) is 5. The zero-order valence-electron chi connectivity index (χ0n) is 19.4. The second-order valence-electron chi connectivity index (χ2n) is 9.28. The van der Waals surface area contributed by atoms with E-state index >= 15 is 0 Å². The number of sulfonamides is 1. The molecule has 1 amide bonds. The van der Waals surface area contributed by atoms with Crippen molar-refractivity contribution in [2.75, 3.05) is 24.2 Å². The third kappa shape index (κ3) is 4.10. The third-order valence-electron chi connectivity index (χ3n) is 7.25. The molecule has 10 heteroatoms. The van der Waals surface area contributed by atoms with Gasteiger partial charge in [-0.3, -0.25) is 9.78 Å². The van der Waals surface area contributed by atoms with Crippen molar-refractivity contribution in [2.24, 2.45) is 0 Å². The number of aryl methyl sites for hydroxylation is 1. The molecule has 0 aliphatic carbocycles. The Hall–Kier alpha value is -2.93. The SMILES string of the molecule is CS(=O)(=O)N1CCC2(CC1)C(=O)N(Cc1cc3cc(Cl)ccc3n1CCCC#N)c1cnccc12. The summed E-state index contributed by atoms with van der Waals surface area (Å²) in [7, 11) is -3.31. The number of rotatable bonds is 6. The Morgan fingerprint density at radius 1 is 1.20 bits per heavy atom. The molecule has 1 saturated heterocycles. The largest absolute Gasteiger partial charge is 0.343 e. The topological polar surface area (TPSA) is 99.3 Å². The molecule has 1 fully saturated rings. The lowest BCUT2D eigenvalue weighted by Crippen LogP contribution is -2.49. The van der Waals surface area contributed by atoms with Crippen LogP contribution in [0.2, 0.25) is 5.02 Å². The van der Waals surface area contributed by atoms with Crippen LogP contribution in [0.15, 0.2) is 42.7 Å². The number of carbonyl (C=O) groups is 1. The van der Waals surface area contributed by atoms with E-state index in [0.29, 0.717) is 56.9 Å². The summed E-state index contributed by atoms with van der Waals surface area (Å²) in [5, 5.41) is 10.6. The molecule has 0 saturated carbocycles. The van der Waals surface area contributed by atoms with Crippen molar-refractivity contribution in [1.82, 2.24) is 13.9 Å². The highest BCUT2D eigenvalue weighted by Crippen LogP contribution is 2.48. The predicted octanol–water partition coefficient (Wildman–Crippen LogP) is 3.83. The smallest absolute Gasteiger partial charge is 0.238 e. The van der Waals surface area contributed by atoms with Gasteiger partial charge in [-0.2, -0.15) is 5.26 Å². The van der Waals surface area contributed by atoms with Crippen molar-refractivity contribution in [1.29, 1.82) is 5.26 Å². The van der Waals surface area contributed by atoms with Gasteiger partial charge in [-0.05, 0) is 55.2 Å². The van der Waals surface area contributed by atoms with Crippen LogP contribution in [-0.4, -0.2) is 47.5 Å². The lowest BCUT2D eigenvalue weighted by molar-refractivity contribution is -0.124. The number of unbranched alkanes of at least 4 members (excludes halogenated alkanes) is 1. The van der Waals surface area contributed by atoms with Gasteiger partial charge in [-0.15, -0.1) is 0 Å². The first-order valence-corrected chi connectivity index (χ1v) is 13.8. The number of halogens is 1. The summed E-state index contributed by atoms with van der Waals surface area (Å²) in [6.07, 6.45) is 6.66. The quantitative estimate of drug-likeness (QED) is 0.468. The molecule has 2 aromatic heterocycles. The molecule has 182 valence electrons. The molecule has 3 aromatic rings. The Morgan fingerprint density at radius 2 is 1.97 bits per heavy atom. The van der Waals surface area contributed by atoms with Gasteiger partial charge < -0.3 is 9.47 Å². The Morgan fingerprint density at radius 3 is 2.69 bits per heavy atom. The van der Waals surface area contributed by atoms with Crippen LogP contribution < -0.4 is 4.90 Å². The number of piperidine rings is 1. The molecule has 1 spiro atoms. The minimum absolute atomic E-state index is 0.0134. The number of pyridine rings is 1. The molecule has 0 unspecified atom stereocenters. The monoisotopic (exact) mass is 511 g/mol. The van der Waals surface area contributed by atoms with Crippen molar-refractivity contribution < 1.29 is 13.2 Å². The molecule has 1 aromatic carbocycles. The first-order valence-electron chi connectivity index (χ1n) is 11.6. The summed E-state index contributed by atoms with van der Waals surface area (Å²) in [5.74, 6) is -0.0134. The molecule has 4 heterocycles. The summed E-state index contributed by atoms with van der Waals surface area (Å²) in [6, 6.07) is 11.9. The predicted molar refractivity (Wildman–Crippen MR) is 135 cm³/mol. The molecular formula is C25H26ClN5O3S. The maximum atomic E-state index is 14.0. The Balaban J connectivity index is 1.51. The Bertz CT molecular complexity index is 1450. The summed E-state index contributed by atoms with van der Waals surface area (Å²) in [4.78, 5) is 20.1. The van der Waals surface area contributed by atoms with Gasteiger partial charge >= 0.3 is 0 Å². The molecule has 0 atom stereocenters. The normalized spacial score (nSPS) is 17.7. The second kappa shape index (κ2) is 8.94. The fourth-order valence-electron chi connectivity index (χ4n) is 5.50. The number of hydrogen-bond acceptors (Lipinski definition) is 5. The van der Waals surface area contributed by atoms with Crippen LogP contribution in [0.5, 0.6) is 0 Å². The number of nitriles is 1. The average Bonchev–Trinajstić information content (AvgIpc) is 3.27. The highest BCUT2D eigenvalue weighted by Gasteiger charge is 2.52. The first-order chi connectivity index (χ1) is 16.7. The van der Waals surface area contributed by atoms with Gasteiger partial charge in [0, 0.05) is 53.9 Å². The number of carbonyl (C=O) groups excluding carboxylic acids is 1. The summed E-state index contributed by atoms with van der Waals surface area (Å²) < 4.78 is 27.7. The van der Waals surface area contributed by atoms with E-state index in [9.17, 15) is 13.2 Å². The number of anilines is 1. The maximum Gasteiger partial charge on any atom is 0.238 e. The van der Waals surface area contributed by atoms with E-state index < -0.39 is 15.4 Å². The number of hydrogen-bond donors (Lipinski definition) is 0. The maximum absolute atomic E-state index is 14.0. The summed E-state index contributed by atoms with van der Waals surface area (Å²) in [5.41, 5.74) is 2.91. The Kier molecular flexibility index (Phi) is 6.08. The number of fused-ring (bicyclic) bond motifs is 3. The highest BCUT2D eigenvalue weighted by atomic mass is 35.5.